The van der Waals surface area contributed by atoms with E-state index in [2.05, 4.69) is 50.0 Å². The van der Waals surface area contributed by atoms with Crippen LogP contribution in [-0.4, -0.2) is 37.7 Å². The summed E-state index contributed by atoms with van der Waals surface area (Å²) in [5, 5.41) is 3.65. The zero-order valence-electron chi connectivity index (χ0n) is 12.9. The lowest BCUT2D eigenvalue weighted by molar-refractivity contribution is 0.264. The van der Waals surface area contributed by atoms with Crippen LogP contribution in [0.25, 0.3) is 0 Å². The third-order valence-electron chi connectivity index (χ3n) is 3.55. The van der Waals surface area contributed by atoms with E-state index in [1.165, 1.54) is 5.56 Å². The van der Waals surface area contributed by atoms with Crippen LogP contribution < -0.4 is 10.1 Å². The third kappa shape index (κ3) is 5.21. The molecular weight excluding hydrogens is 236 g/mol. The van der Waals surface area contributed by atoms with Gasteiger partial charge in [-0.05, 0) is 44.6 Å². The van der Waals surface area contributed by atoms with E-state index in [1.54, 1.807) is 7.11 Å². The van der Waals surface area contributed by atoms with Crippen LogP contribution in [0.15, 0.2) is 24.3 Å². The monoisotopic (exact) mass is 264 g/mol. The van der Waals surface area contributed by atoms with Crippen LogP contribution in [0, 0.1) is 0 Å². The van der Waals surface area contributed by atoms with Crippen LogP contribution in [0.1, 0.15) is 39.3 Å². The average molecular weight is 264 g/mol. The van der Waals surface area contributed by atoms with Gasteiger partial charge in [0.1, 0.15) is 5.75 Å². The molecule has 19 heavy (non-hydrogen) atoms. The lowest BCUT2D eigenvalue weighted by Crippen LogP contribution is -2.40. The Labute approximate surface area is 118 Å². The number of hydrogen-bond donors (Lipinski definition) is 1. The van der Waals surface area contributed by atoms with Crippen molar-refractivity contribution in [2.75, 3.05) is 26.7 Å². The number of nitrogens with one attached hydrogen (secondary N) is 1. The highest BCUT2D eigenvalue weighted by Crippen LogP contribution is 2.19. The van der Waals surface area contributed by atoms with Gasteiger partial charge in [0.25, 0.3) is 0 Å². The minimum Gasteiger partial charge on any atom is -0.497 e. The molecule has 0 aliphatic heterocycles. The van der Waals surface area contributed by atoms with Crippen LogP contribution in [0.4, 0.5) is 0 Å². The number of hydrogen-bond acceptors (Lipinski definition) is 3. The summed E-state index contributed by atoms with van der Waals surface area (Å²) >= 11 is 0. The Morgan fingerprint density at radius 3 is 2.47 bits per heavy atom. The fourth-order valence-electron chi connectivity index (χ4n) is 2.36. The molecule has 0 saturated heterocycles. The summed E-state index contributed by atoms with van der Waals surface area (Å²) in [5.41, 5.74) is 1.27. The van der Waals surface area contributed by atoms with Crippen molar-refractivity contribution >= 4 is 0 Å². The second kappa shape index (κ2) is 8.18. The maximum absolute atomic E-state index is 5.27. The van der Waals surface area contributed by atoms with E-state index in [0.717, 1.165) is 25.4 Å². The SMILES string of the molecule is CCN(CC)CC(C)NC(C)c1cccc(OC)c1. The van der Waals surface area contributed by atoms with E-state index >= 15 is 0 Å². The van der Waals surface area contributed by atoms with Crippen molar-refractivity contribution in [3.8, 4) is 5.75 Å². The molecule has 1 N–H and O–H groups in total. The molecule has 0 aliphatic rings. The van der Waals surface area contributed by atoms with E-state index in [4.69, 9.17) is 4.74 Å². The zero-order chi connectivity index (χ0) is 14.3. The van der Waals surface area contributed by atoms with Gasteiger partial charge in [-0.15, -0.1) is 0 Å². The van der Waals surface area contributed by atoms with E-state index in [-0.39, 0.29) is 0 Å². The van der Waals surface area contributed by atoms with Crippen LogP contribution >= 0.6 is 0 Å². The van der Waals surface area contributed by atoms with E-state index in [9.17, 15) is 0 Å². The first-order valence-electron chi connectivity index (χ1n) is 7.23. The summed E-state index contributed by atoms with van der Waals surface area (Å²) in [6, 6.07) is 9.07. The Morgan fingerprint density at radius 2 is 1.89 bits per heavy atom. The predicted molar refractivity (Wildman–Crippen MR) is 81.8 cm³/mol. The summed E-state index contributed by atoms with van der Waals surface area (Å²) in [6.45, 7) is 12.2. The minimum absolute atomic E-state index is 0.334. The molecule has 0 bridgehead atoms. The Kier molecular flexibility index (Phi) is 6.89. The van der Waals surface area contributed by atoms with Gasteiger partial charge in [-0.3, -0.25) is 0 Å². The van der Waals surface area contributed by atoms with E-state index in [1.807, 2.05) is 12.1 Å². The fourth-order valence-corrected chi connectivity index (χ4v) is 2.36. The van der Waals surface area contributed by atoms with Gasteiger partial charge in [-0.25, -0.2) is 0 Å². The van der Waals surface area contributed by atoms with Crippen molar-refractivity contribution < 1.29 is 4.74 Å². The average Bonchev–Trinajstić information content (AvgIpc) is 2.44. The Morgan fingerprint density at radius 1 is 1.21 bits per heavy atom. The van der Waals surface area contributed by atoms with Gasteiger partial charge in [-0.2, -0.15) is 0 Å². The fraction of sp³-hybridized carbons (Fsp3) is 0.625. The first-order chi connectivity index (χ1) is 9.10. The number of methoxy groups -OCH3 is 1. The molecule has 0 heterocycles. The highest BCUT2D eigenvalue weighted by atomic mass is 16.5. The molecule has 108 valence electrons. The quantitative estimate of drug-likeness (QED) is 0.781. The number of benzene rings is 1. The van der Waals surface area contributed by atoms with Gasteiger partial charge in [0.2, 0.25) is 0 Å². The molecule has 0 saturated carbocycles. The molecule has 1 aromatic carbocycles. The first-order valence-corrected chi connectivity index (χ1v) is 7.23. The molecule has 0 fully saturated rings. The lowest BCUT2D eigenvalue weighted by atomic mass is 10.1. The molecule has 1 aromatic rings. The van der Waals surface area contributed by atoms with Crippen molar-refractivity contribution in [1.82, 2.24) is 10.2 Å². The molecule has 0 aromatic heterocycles. The standard InChI is InChI=1S/C16H28N2O/c1-6-18(7-2)12-13(3)17-14(4)15-9-8-10-16(11-15)19-5/h8-11,13-14,17H,6-7,12H2,1-5H3. The molecule has 3 nitrogen and oxygen atoms in total. The van der Waals surface area contributed by atoms with Crippen molar-refractivity contribution in [2.45, 2.75) is 39.8 Å². The largest absolute Gasteiger partial charge is 0.497 e. The summed E-state index contributed by atoms with van der Waals surface area (Å²) < 4.78 is 5.27. The van der Waals surface area contributed by atoms with Crippen molar-refractivity contribution in [3.63, 3.8) is 0 Å². The second-order valence-electron chi connectivity index (χ2n) is 5.05. The maximum Gasteiger partial charge on any atom is 0.119 e. The molecule has 1 rings (SSSR count). The van der Waals surface area contributed by atoms with E-state index in [0.29, 0.717) is 12.1 Å². The normalized spacial score (nSPS) is 14.4. The molecule has 0 radical (unpaired) electrons. The molecule has 3 heteroatoms. The predicted octanol–water partition coefficient (Wildman–Crippen LogP) is 3.08. The van der Waals surface area contributed by atoms with Gasteiger partial charge in [0.15, 0.2) is 0 Å². The summed E-state index contributed by atoms with van der Waals surface area (Å²) in [4.78, 5) is 2.44. The summed E-state index contributed by atoms with van der Waals surface area (Å²) in [7, 11) is 1.71. The Hall–Kier alpha value is -1.06. The van der Waals surface area contributed by atoms with Gasteiger partial charge in [0, 0.05) is 18.6 Å². The molecule has 0 amide bonds. The first kappa shape index (κ1) is 16.0. The molecule has 0 spiro atoms. The van der Waals surface area contributed by atoms with Crippen LogP contribution in [0.5, 0.6) is 5.75 Å². The van der Waals surface area contributed by atoms with Crippen LogP contribution in [-0.2, 0) is 0 Å². The van der Waals surface area contributed by atoms with Gasteiger partial charge < -0.3 is 15.0 Å². The number of rotatable bonds is 8. The highest BCUT2D eigenvalue weighted by Gasteiger charge is 2.12. The maximum atomic E-state index is 5.27. The van der Waals surface area contributed by atoms with Crippen molar-refractivity contribution in [2.24, 2.45) is 0 Å². The van der Waals surface area contributed by atoms with Gasteiger partial charge in [0.05, 0.1) is 7.11 Å². The molecule has 0 aliphatic carbocycles. The van der Waals surface area contributed by atoms with Crippen LogP contribution in [0.3, 0.4) is 0 Å². The highest BCUT2D eigenvalue weighted by molar-refractivity contribution is 5.30. The second-order valence-corrected chi connectivity index (χ2v) is 5.05. The smallest absolute Gasteiger partial charge is 0.119 e. The lowest BCUT2D eigenvalue weighted by Gasteiger charge is -2.26. The van der Waals surface area contributed by atoms with Gasteiger partial charge >= 0.3 is 0 Å². The Balaban J connectivity index is 2.55. The molecule has 2 unspecified atom stereocenters. The van der Waals surface area contributed by atoms with Gasteiger partial charge in [-0.1, -0.05) is 26.0 Å². The van der Waals surface area contributed by atoms with E-state index < -0.39 is 0 Å². The van der Waals surface area contributed by atoms with Crippen LogP contribution in [0.2, 0.25) is 0 Å². The molecular formula is C16H28N2O. The number of ether oxygens (including phenoxy) is 1. The minimum atomic E-state index is 0.334. The molecule has 2 atom stereocenters. The summed E-state index contributed by atoms with van der Waals surface area (Å²) in [5.74, 6) is 0.919. The number of nitrogens with zero attached hydrogens (tertiary/aromatic N) is 1. The Bertz CT molecular complexity index is 364. The van der Waals surface area contributed by atoms with Crippen molar-refractivity contribution in [3.05, 3.63) is 29.8 Å². The van der Waals surface area contributed by atoms with Crippen molar-refractivity contribution in [1.29, 1.82) is 0 Å². The zero-order valence-corrected chi connectivity index (χ0v) is 12.9. The number of likely N-dealkylation sites (N-methyl/N-ethyl adjacent to an activating group) is 1. The third-order valence-corrected chi connectivity index (χ3v) is 3.55. The summed E-state index contributed by atoms with van der Waals surface area (Å²) in [6.07, 6.45) is 0. The topological polar surface area (TPSA) is 24.5 Å².